The van der Waals surface area contributed by atoms with E-state index in [-0.39, 0.29) is 11.5 Å². The second-order valence-electron chi connectivity index (χ2n) is 4.96. The van der Waals surface area contributed by atoms with Gasteiger partial charge in [0.25, 0.3) is 11.5 Å². The molecule has 6 nitrogen and oxygen atoms in total. The van der Waals surface area contributed by atoms with Crippen LogP contribution in [0.1, 0.15) is 20.8 Å². The summed E-state index contributed by atoms with van der Waals surface area (Å²) in [6.45, 7) is 2.11. The van der Waals surface area contributed by atoms with Crippen LogP contribution in [0.15, 0.2) is 35.4 Å². The summed E-state index contributed by atoms with van der Waals surface area (Å²) >= 11 is 1.22. The zero-order chi connectivity index (χ0) is 16.4. The summed E-state index contributed by atoms with van der Waals surface area (Å²) in [6, 6.07) is 7.50. The summed E-state index contributed by atoms with van der Waals surface area (Å²) in [7, 11) is 1.59. The molecular formula is C16H15N3O3S. The van der Waals surface area contributed by atoms with Gasteiger partial charge in [-0.2, -0.15) is 0 Å². The standard InChI is InChI=1S/C16H15N3O3S/c1-9-12-14(20)18-8-19-16(12)23-13(9)15(21)17-7-10-5-3-4-6-11(10)22-2/h3-6,8H,7H2,1-2H3,(H,17,21)(H,18,19,20). The van der Waals surface area contributed by atoms with Crippen molar-refractivity contribution in [3.63, 3.8) is 0 Å². The minimum Gasteiger partial charge on any atom is -0.496 e. The normalized spacial score (nSPS) is 10.7. The second-order valence-corrected chi connectivity index (χ2v) is 5.96. The molecule has 3 rings (SSSR count). The smallest absolute Gasteiger partial charge is 0.261 e. The lowest BCUT2D eigenvalue weighted by Crippen LogP contribution is -2.22. The van der Waals surface area contributed by atoms with Crippen LogP contribution in [-0.2, 0) is 6.54 Å². The Balaban J connectivity index is 1.85. The van der Waals surface area contributed by atoms with Crippen molar-refractivity contribution in [1.29, 1.82) is 0 Å². The Kier molecular flexibility index (Phi) is 4.12. The van der Waals surface area contributed by atoms with E-state index < -0.39 is 0 Å². The Hall–Kier alpha value is -2.67. The minimum atomic E-state index is -0.229. The van der Waals surface area contributed by atoms with Crippen molar-refractivity contribution in [2.75, 3.05) is 7.11 Å². The summed E-state index contributed by atoms with van der Waals surface area (Å²) in [6.07, 6.45) is 1.34. The van der Waals surface area contributed by atoms with E-state index in [4.69, 9.17) is 4.74 Å². The third-order valence-corrected chi connectivity index (χ3v) is 4.77. The van der Waals surface area contributed by atoms with Gasteiger partial charge >= 0.3 is 0 Å². The number of carbonyl (C=O) groups excluding carboxylic acids is 1. The minimum absolute atomic E-state index is 0.226. The van der Waals surface area contributed by atoms with Gasteiger partial charge in [-0.05, 0) is 18.6 Å². The lowest BCUT2D eigenvalue weighted by atomic mass is 10.2. The maximum Gasteiger partial charge on any atom is 0.261 e. The van der Waals surface area contributed by atoms with Crippen molar-refractivity contribution >= 4 is 27.5 Å². The van der Waals surface area contributed by atoms with Crippen LogP contribution in [-0.4, -0.2) is 23.0 Å². The zero-order valence-corrected chi connectivity index (χ0v) is 13.5. The van der Waals surface area contributed by atoms with Gasteiger partial charge in [-0.1, -0.05) is 18.2 Å². The fourth-order valence-electron chi connectivity index (χ4n) is 2.40. The Labute approximate surface area is 136 Å². The van der Waals surface area contributed by atoms with E-state index in [2.05, 4.69) is 15.3 Å². The lowest BCUT2D eigenvalue weighted by Gasteiger charge is -2.09. The number of rotatable bonds is 4. The number of aryl methyl sites for hydroxylation is 1. The molecule has 2 heterocycles. The molecule has 118 valence electrons. The van der Waals surface area contributed by atoms with Gasteiger partial charge in [-0.3, -0.25) is 9.59 Å². The van der Waals surface area contributed by atoms with Crippen molar-refractivity contribution in [2.45, 2.75) is 13.5 Å². The third-order valence-electron chi connectivity index (χ3n) is 3.57. The number of thiophene rings is 1. The van der Waals surface area contributed by atoms with Gasteiger partial charge in [0, 0.05) is 12.1 Å². The summed E-state index contributed by atoms with van der Waals surface area (Å²) in [5.41, 5.74) is 1.31. The third kappa shape index (κ3) is 2.83. The molecule has 1 aromatic carbocycles. The number of aromatic nitrogens is 2. The number of amides is 1. The number of H-pyrrole nitrogens is 1. The van der Waals surface area contributed by atoms with Crippen LogP contribution in [0.25, 0.3) is 10.2 Å². The van der Waals surface area contributed by atoms with Gasteiger partial charge in [-0.15, -0.1) is 11.3 Å². The van der Waals surface area contributed by atoms with Crippen LogP contribution in [0.3, 0.4) is 0 Å². The Morgan fingerprint density at radius 2 is 2.17 bits per heavy atom. The number of nitrogens with one attached hydrogen (secondary N) is 2. The summed E-state index contributed by atoms with van der Waals surface area (Å²) in [5.74, 6) is 0.495. The molecule has 3 aromatic rings. The molecular weight excluding hydrogens is 314 g/mol. The fourth-order valence-corrected chi connectivity index (χ4v) is 3.47. The molecule has 0 aliphatic carbocycles. The van der Waals surface area contributed by atoms with Crippen molar-refractivity contribution in [1.82, 2.24) is 15.3 Å². The monoisotopic (exact) mass is 329 g/mol. The quantitative estimate of drug-likeness (QED) is 0.769. The average Bonchev–Trinajstić information content (AvgIpc) is 2.91. The highest BCUT2D eigenvalue weighted by Crippen LogP contribution is 2.26. The highest BCUT2D eigenvalue weighted by Gasteiger charge is 2.18. The largest absolute Gasteiger partial charge is 0.496 e. The highest BCUT2D eigenvalue weighted by atomic mass is 32.1. The molecule has 0 saturated carbocycles. The van der Waals surface area contributed by atoms with E-state index in [1.54, 1.807) is 14.0 Å². The maximum absolute atomic E-state index is 12.4. The molecule has 0 fully saturated rings. The van der Waals surface area contributed by atoms with Crippen LogP contribution >= 0.6 is 11.3 Å². The lowest BCUT2D eigenvalue weighted by molar-refractivity contribution is 0.0954. The van der Waals surface area contributed by atoms with Crippen molar-refractivity contribution in [3.8, 4) is 5.75 Å². The van der Waals surface area contributed by atoms with E-state index in [0.29, 0.717) is 27.2 Å². The Morgan fingerprint density at radius 1 is 1.39 bits per heavy atom. The van der Waals surface area contributed by atoms with Crippen LogP contribution < -0.4 is 15.6 Å². The predicted octanol–water partition coefficient (Wildman–Crippen LogP) is 2.23. The topological polar surface area (TPSA) is 84.1 Å². The van der Waals surface area contributed by atoms with E-state index in [0.717, 1.165) is 11.3 Å². The van der Waals surface area contributed by atoms with Crippen molar-refractivity contribution < 1.29 is 9.53 Å². The first kappa shape index (κ1) is 15.2. The van der Waals surface area contributed by atoms with E-state index in [1.165, 1.54) is 17.7 Å². The molecule has 23 heavy (non-hydrogen) atoms. The van der Waals surface area contributed by atoms with Crippen LogP contribution in [0.2, 0.25) is 0 Å². The van der Waals surface area contributed by atoms with Crippen LogP contribution in [0, 0.1) is 6.92 Å². The molecule has 0 aliphatic heterocycles. The summed E-state index contributed by atoms with van der Waals surface area (Å²) < 4.78 is 5.27. The molecule has 7 heteroatoms. The predicted molar refractivity (Wildman–Crippen MR) is 89.1 cm³/mol. The Morgan fingerprint density at radius 3 is 2.91 bits per heavy atom. The molecule has 1 amide bonds. The number of carbonyl (C=O) groups is 1. The van der Waals surface area contributed by atoms with Gasteiger partial charge in [-0.25, -0.2) is 4.98 Å². The number of para-hydroxylation sites is 1. The van der Waals surface area contributed by atoms with Crippen LogP contribution in [0.4, 0.5) is 0 Å². The summed E-state index contributed by atoms with van der Waals surface area (Å²) in [5, 5.41) is 3.33. The zero-order valence-electron chi connectivity index (χ0n) is 12.7. The highest BCUT2D eigenvalue weighted by molar-refractivity contribution is 7.20. The van der Waals surface area contributed by atoms with Crippen molar-refractivity contribution in [3.05, 3.63) is 57.0 Å². The number of ether oxygens (including phenoxy) is 1. The fraction of sp³-hybridized carbons (Fsp3) is 0.188. The SMILES string of the molecule is COc1ccccc1CNC(=O)c1sc2nc[nH]c(=O)c2c1C. The van der Waals surface area contributed by atoms with Gasteiger partial charge in [0.2, 0.25) is 0 Å². The van der Waals surface area contributed by atoms with Gasteiger partial charge in [0.15, 0.2) is 0 Å². The molecule has 0 saturated heterocycles. The number of benzene rings is 1. The number of hydrogen-bond donors (Lipinski definition) is 2. The van der Waals surface area contributed by atoms with E-state index in [9.17, 15) is 9.59 Å². The second kappa shape index (κ2) is 6.21. The molecule has 0 unspecified atom stereocenters. The molecule has 0 spiro atoms. The number of hydrogen-bond acceptors (Lipinski definition) is 5. The molecule has 2 N–H and O–H groups in total. The molecule has 0 radical (unpaired) electrons. The first-order valence-electron chi connectivity index (χ1n) is 6.98. The van der Waals surface area contributed by atoms with Crippen LogP contribution in [0.5, 0.6) is 5.75 Å². The van der Waals surface area contributed by atoms with Crippen molar-refractivity contribution in [2.24, 2.45) is 0 Å². The molecule has 0 aliphatic rings. The van der Waals surface area contributed by atoms with E-state index in [1.807, 2.05) is 24.3 Å². The molecule has 2 aromatic heterocycles. The first-order chi connectivity index (χ1) is 11.1. The average molecular weight is 329 g/mol. The number of nitrogens with zero attached hydrogens (tertiary/aromatic N) is 1. The Bertz CT molecular complexity index is 930. The van der Waals surface area contributed by atoms with Gasteiger partial charge < -0.3 is 15.0 Å². The van der Waals surface area contributed by atoms with E-state index >= 15 is 0 Å². The van der Waals surface area contributed by atoms with Gasteiger partial charge in [0.05, 0.1) is 23.7 Å². The first-order valence-corrected chi connectivity index (χ1v) is 7.80. The number of methoxy groups -OCH3 is 1. The molecule has 0 bridgehead atoms. The van der Waals surface area contributed by atoms with Gasteiger partial charge in [0.1, 0.15) is 10.6 Å². The molecule has 0 atom stereocenters. The number of fused-ring (bicyclic) bond motifs is 1. The maximum atomic E-state index is 12.4. The summed E-state index contributed by atoms with van der Waals surface area (Å²) in [4.78, 5) is 32.0. The number of aromatic amines is 1.